The van der Waals surface area contributed by atoms with Crippen molar-refractivity contribution in [2.45, 2.75) is 45.2 Å². The molecule has 9 nitrogen and oxygen atoms in total. The van der Waals surface area contributed by atoms with Crippen molar-refractivity contribution in [2.75, 3.05) is 50.0 Å². The highest BCUT2D eigenvalue weighted by Crippen LogP contribution is 2.41. The third-order valence-electron chi connectivity index (χ3n) is 7.74. The molecule has 1 saturated carbocycles. The molecule has 5 heterocycles. The lowest BCUT2D eigenvalue weighted by Crippen LogP contribution is -2.47. The summed E-state index contributed by atoms with van der Waals surface area (Å²) in [6, 6.07) is 6.57. The Labute approximate surface area is 206 Å². The van der Waals surface area contributed by atoms with Crippen molar-refractivity contribution in [3.8, 4) is 0 Å². The number of fused-ring (bicyclic) bond motifs is 5. The van der Waals surface area contributed by atoms with Crippen LogP contribution in [0.2, 0.25) is 0 Å². The Balaban J connectivity index is 1.19. The minimum absolute atomic E-state index is 0.0722. The number of likely N-dealkylation sites (N-methyl/N-ethyl adjacent to an activating group) is 1. The maximum atomic E-state index is 13.0. The number of anilines is 3. The molecule has 1 saturated heterocycles. The molecule has 184 valence electrons. The van der Waals surface area contributed by atoms with Gasteiger partial charge in [0.1, 0.15) is 17.2 Å². The van der Waals surface area contributed by atoms with E-state index in [1.165, 1.54) is 0 Å². The predicted octanol–water partition coefficient (Wildman–Crippen LogP) is 3.53. The van der Waals surface area contributed by atoms with Crippen LogP contribution in [-0.4, -0.2) is 81.0 Å². The van der Waals surface area contributed by atoms with Crippen LogP contribution in [0.5, 0.6) is 0 Å². The first kappa shape index (κ1) is 22.3. The maximum absolute atomic E-state index is 13.0. The quantitative estimate of drug-likeness (QED) is 0.606. The van der Waals surface area contributed by atoms with E-state index < -0.39 is 0 Å². The second-order valence-corrected chi connectivity index (χ2v) is 10.6. The van der Waals surface area contributed by atoms with E-state index in [-0.39, 0.29) is 18.0 Å². The number of amides is 1. The summed E-state index contributed by atoms with van der Waals surface area (Å²) >= 11 is 0. The lowest BCUT2D eigenvalue weighted by molar-refractivity contribution is 0.0632. The van der Waals surface area contributed by atoms with Crippen LogP contribution in [0.1, 0.15) is 49.6 Å². The summed E-state index contributed by atoms with van der Waals surface area (Å²) in [4.78, 5) is 33.8. The molecule has 0 spiro atoms. The van der Waals surface area contributed by atoms with Gasteiger partial charge < -0.3 is 19.7 Å². The third kappa shape index (κ3) is 4.01. The first-order valence-corrected chi connectivity index (χ1v) is 12.8. The van der Waals surface area contributed by atoms with Crippen molar-refractivity contribution in [3.05, 3.63) is 36.3 Å². The van der Waals surface area contributed by atoms with Gasteiger partial charge >= 0.3 is 0 Å². The van der Waals surface area contributed by atoms with E-state index in [4.69, 9.17) is 4.98 Å². The highest BCUT2D eigenvalue weighted by molar-refractivity contribution is 5.99. The summed E-state index contributed by atoms with van der Waals surface area (Å²) in [7, 11) is 1.92. The fraction of sp³-hybridized carbons (Fsp3) is 0.538. The zero-order chi connectivity index (χ0) is 24.1. The van der Waals surface area contributed by atoms with Crippen LogP contribution in [0, 0.1) is 5.92 Å². The Bertz CT molecular complexity index is 1230. The van der Waals surface area contributed by atoms with Crippen LogP contribution < -0.4 is 10.2 Å². The van der Waals surface area contributed by atoms with Gasteiger partial charge in [0.2, 0.25) is 5.95 Å². The lowest BCUT2D eigenvalue weighted by atomic mass is 10.1. The molecule has 6 rings (SSSR count). The molecule has 3 aromatic rings. The van der Waals surface area contributed by atoms with Crippen molar-refractivity contribution < 1.29 is 4.79 Å². The van der Waals surface area contributed by atoms with E-state index in [2.05, 4.69) is 49.6 Å². The Morgan fingerprint density at radius 3 is 2.60 bits per heavy atom. The number of rotatable bonds is 5. The first-order chi connectivity index (χ1) is 17.0. The summed E-state index contributed by atoms with van der Waals surface area (Å²) in [5.74, 6) is 1.99. The van der Waals surface area contributed by atoms with Gasteiger partial charge in [-0.1, -0.05) is 13.8 Å². The minimum Gasteiger partial charge on any atom is -0.368 e. The molecule has 2 atom stereocenters. The molecule has 0 aromatic carbocycles. The highest BCUT2D eigenvalue weighted by Gasteiger charge is 2.41. The van der Waals surface area contributed by atoms with Gasteiger partial charge in [-0.05, 0) is 43.4 Å². The molecule has 0 radical (unpaired) electrons. The van der Waals surface area contributed by atoms with E-state index >= 15 is 0 Å². The number of carbonyl (C=O) groups excluding carboxylic acids is 1. The van der Waals surface area contributed by atoms with Crippen LogP contribution in [0.15, 0.2) is 30.6 Å². The van der Waals surface area contributed by atoms with Crippen LogP contribution in [0.3, 0.4) is 0 Å². The van der Waals surface area contributed by atoms with Gasteiger partial charge in [-0.25, -0.2) is 9.97 Å². The van der Waals surface area contributed by atoms with Gasteiger partial charge in [0.15, 0.2) is 0 Å². The Hall–Kier alpha value is -3.20. The van der Waals surface area contributed by atoms with E-state index in [0.717, 1.165) is 68.7 Å². The second kappa shape index (κ2) is 8.78. The normalized spacial score (nSPS) is 22.7. The van der Waals surface area contributed by atoms with Gasteiger partial charge in [-0.3, -0.25) is 9.69 Å². The molecule has 2 fully saturated rings. The SMILES string of the molecule is CC(C)CN1CCN(c2ccc(Nc3ncc4cc5n(c4n3)C3CCCC3N(C)C5=O)nc2)CC1. The largest absolute Gasteiger partial charge is 0.368 e. The molecule has 2 aliphatic heterocycles. The topological polar surface area (TPSA) is 82.4 Å². The van der Waals surface area contributed by atoms with E-state index in [1.807, 2.05) is 30.3 Å². The number of piperazine rings is 1. The van der Waals surface area contributed by atoms with Gasteiger partial charge in [0, 0.05) is 51.4 Å². The van der Waals surface area contributed by atoms with Gasteiger partial charge in [-0.2, -0.15) is 4.98 Å². The molecular weight excluding hydrogens is 440 g/mol. The monoisotopic (exact) mass is 474 g/mol. The van der Waals surface area contributed by atoms with Crippen molar-refractivity contribution in [2.24, 2.45) is 5.92 Å². The molecule has 3 aliphatic rings. The number of hydrogen-bond acceptors (Lipinski definition) is 7. The number of nitrogens with one attached hydrogen (secondary N) is 1. The first-order valence-electron chi connectivity index (χ1n) is 12.8. The number of pyridine rings is 1. The number of carbonyl (C=O) groups is 1. The van der Waals surface area contributed by atoms with Crippen LogP contribution in [0.25, 0.3) is 11.0 Å². The zero-order valence-electron chi connectivity index (χ0n) is 20.8. The van der Waals surface area contributed by atoms with Crippen molar-refractivity contribution in [3.63, 3.8) is 0 Å². The van der Waals surface area contributed by atoms with Crippen molar-refractivity contribution >= 4 is 34.4 Å². The van der Waals surface area contributed by atoms with Crippen LogP contribution >= 0.6 is 0 Å². The summed E-state index contributed by atoms with van der Waals surface area (Å²) in [6.45, 7) is 9.95. The van der Waals surface area contributed by atoms with E-state index in [9.17, 15) is 4.79 Å². The number of hydrogen-bond donors (Lipinski definition) is 1. The Morgan fingerprint density at radius 2 is 1.86 bits per heavy atom. The molecule has 9 heteroatoms. The highest BCUT2D eigenvalue weighted by atomic mass is 16.2. The Morgan fingerprint density at radius 1 is 1.06 bits per heavy atom. The smallest absolute Gasteiger partial charge is 0.270 e. The molecule has 1 aliphatic carbocycles. The summed E-state index contributed by atoms with van der Waals surface area (Å²) in [6.07, 6.45) is 6.98. The molecule has 1 N–H and O–H groups in total. The molecule has 1 amide bonds. The molecule has 35 heavy (non-hydrogen) atoms. The Kier molecular flexibility index (Phi) is 5.59. The van der Waals surface area contributed by atoms with Crippen molar-refractivity contribution in [1.29, 1.82) is 0 Å². The minimum atomic E-state index is 0.0722. The molecule has 0 bridgehead atoms. The molecule has 2 unspecified atom stereocenters. The predicted molar refractivity (Wildman–Crippen MR) is 137 cm³/mol. The average molecular weight is 475 g/mol. The zero-order valence-corrected chi connectivity index (χ0v) is 20.8. The van der Waals surface area contributed by atoms with Gasteiger partial charge in [0.05, 0.1) is 24.0 Å². The van der Waals surface area contributed by atoms with E-state index in [1.54, 1.807) is 6.20 Å². The fourth-order valence-corrected chi connectivity index (χ4v) is 6.04. The summed E-state index contributed by atoms with van der Waals surface area (Å²) in [5.41, 5.74) is 2.69. The second-order valence-electron chi connectivity index (χ2n) is 10.6. The maximum Gasteiger partial charge on any atom is 0.270 e. The summed E-state index contributed by atoms with van der Waals surface area (Å²) < 4.78 is 2.15. The van der Waals surface area contributed by atoms with Gasteiger partial charge in [0.25, 0.3) is 5.91 Å². The molecule has 3 aromatic heterocycles. The fourth-order valence-electron chi connectivity index (χ4n) is 6.04. The van der Waals surface area contributed by atoms with E-state index in [0.29, 0.717) is 23.4 Å². The summed E-state index contributed by atoms with van der Waals surface area (Å²) in [5, 5.41) is 4.16. The average Bonchev–Trinajstić information content (AvgIpc) is 3.48. The van der Waals surface area contributed by atoms with Crippen LogP contribution in [0.4, 0.5) is 17.5 Å². The van der Waals surface area contributed by atoms with Crippen molar-refractivity contribution in [1.82, 2.24) is 29.3 Å². The lowest BCUT2D eigenvalue weighted by Gasteiger charge is -2.36. The molecular formula is C26H34N8O. The number of nitrogens with zero attached hydrogens (tertiary/aromatic N) is 7. The number of aromatic nitrogens is 4. The standard InChI is InChI=1S/C26H34N8O/c1-17(2)16-32-9-11-33(12-10-32)19-7-8-23(27-15-19)29-26-28-14-18-13-22-25(35)31(3)20-5-4-6-21(20)34(22)24(18)30-26/h7-8,13-15,17,20-21H,4-6,9-12,16H2,1-3H3,(H,27,28,29,30). The van der Waals surface area contributed by atoms with Crippen LogP contribution in [-0.2, 0) is 0 Å². The third-order valence-corrected chi connectivity index (χ3v) is 7.74. The van der Waals surface area contributed by atoms with Gasteiger partial charge in [-0.15, -0.1) is 0 Å².